The second kappa shape index (κ2) is 3.25. The predicted octanol–water partition coefficient (Wildman–Crippen LogP) is 1.87. The Morgan fingerprint density at radius 1 is 0.923 bits per heavy atom. The van der Waals surface area contributed by atoms with Crippen LogP contribution in [0, 0.1) is 5.92 Å². The Balaban J connectivity index is 2.11. The summed E-state index contributed by atoms with van der Waals surface area (Å²) in [5.74, 6) is 1.05. The maximum Gasteiger partial charge on any atom is 0.0855 e. The molecule has 1 saturated carbocycles. The van der Waals surface area contributed by atoms with E-state index < -0.39 is 0 Å². The molecule has 0 N–H and O–H groups in total. The first kappa shape index (κ1) is 9.47. The summed E-state index contributed by atoms with van der Waals surface area (Å²) in [5, 5.41) is 2.69. The first-order chi connectivity index (χ1) is 6.07. The van der Waals surface area contributed by atoms with Crippen LogP contribution in [0.1, 0.15) is 32.1 Å². The Morgan fingerprint density at radius 3 is 2.08 bits per heavy atom. The van der Waals surface area contributed by atoms with Gasteiger partial charge in [-0.1, -0.05) is 0 Å². The molecule has 76 valence electrons. The lowest BCUT2D eigenvalue weighted by Crippen LogP contribution is -2.55. The van der Waals surface area contributed by atoms with Crippen LogP contribution >= 0.6 is 0 Å². The third kappa shape index (κ3) is 1.89. The van der Waals surface area contributed by atoms with Gasteiger partial charge in [-0.05, 0) is 38.0 Å². The molecule has 2 heteroatoms. The van der Waals surface area contributed by atoms with E-state index in [1.807, 2.05) is 0 Å². The van der Waals surface area contributed by atoms with E-state index >= 15 is 0 Å². The molecule has 0 unspecified atom stereocenters. The van der Waals surface area contributed by atoms with E-state index in [-0.39, 0.29) is 0 Å². The van der Waals surface area contributed by atoms with Crippen molar-refractivity contribution in [1.29, 1.82) is 0 Å². The van der Waals surface area contributed by atoms with Crippen LogP contribution in [0.3, 0.4) is 0 Å². The monoisotopic (exact) mass is 183 g/mol. The summed E-state index contributed by atoms with van der Waals surface area (Å²) in [5.41, 5.74) is 0. The topological polar surface area (TPSA) is 3.24 Å². The van der Waals surface area contributed by atoms with Gasteiger partial charge in [-0.25, -0.2) is 0 Å². The zero-order valence-electron chi connectivity index (χ0n) is 9.29. The quantitative estimate of drug-likeness (QED) is 0.561. The molecular formula is C11H23N2+. The average Bonchev–Trinajstić information content (AvgIpc) is 2.34. The molecule has 0 amide bonds. The first-order valence-corrected chi connectivity index (χ1v) is 5.66. The van der Waals surface area contributed by atoms with Crippen molar-refractivity contribution >= 4 is 0 Å². The van der Waals surface area contributed by atoms with E-state index in [9.17, 15) is 0 Å². The standard InChI is InChI=1S/C11H23N2/c1-13(2,3)12-9-8-10-4-6-11(12)7-5-10/h10-11H,4-9H2,1-3H3/q+1. The minimum atomic E-state index is 0.874. The zero-order chi connectivity index (χ0) is 9.47. The maximum absolute atomic E-state index is 2.69. The van der Waals surface area contributed by atoms with Gasteiger partial charge < -0.3 is 0 Å². The lowest BCUT2D eigenvalue weighted by molar-refractivity contribution is -0.991. The summed E-state index contributed by atoms with van der Waals surface area (Å²) in [6, 6.07) is 0.874. The Labute approximate surface area is 82.1 Å². The van der Waals surface area contributed by atoms with Crippen molar-refractivity contribution in [3.05, 3.63) is 0 Å². The highest BCUT2D eigenvalue weighted by molar-refractivity contribution is 4.81. The fourth-order valence-electron chi connectivity index (χ4n) is 3.02. The van der Waals surface area contributed by atoms with Crippen LogP contribution in [0.25, 0.3) is 0 Å². The van der Waals surface area contributed by atoms with Crippen LogP contribution in [0.15, 0.2) is 0 Å². The Morgan fingerprint density at radius 2 is 1.54 bits per heavy atom. The highest BCUT2D eigenvalue weighted by Crippen LogP contribution is 2.35. The molecule has 0 aromatic heterocycles. The largest absolute Gasteiger partial charge is 0.250 e. The van der Waals surface area contributed by atoms with Crippen LogP contribution < -0.4 is 0 Å². The molecule has 0 radical (unpaired) electrons. The smallest absolute Gasteiger partial charge is 0.0855 e. The average molecular weight is 183 g/mol. The summed E-state index contributed by atoms with van der Waals surface area (Å²) in [4.78, 5) is 0. The number of quaternary nitrogens is 1. The molecule has 1 aliphatic carbocycles. The third-order valence-corrected chi connectivity index (χ3v) is 3.77. The lowest BCUT2D eigenvalue weighted by Gasteiger charge is -2.40. The van der Waals surface area contributed by atoms with E-state index in [1.54, 1.807) is 0 Å². The van der Waals surface area contributed by atoms with Gasteiger partial charge in [0, 0.05) is 6.54 Å². The summed E-state index contributed by atoms with van der Waals surface area (Å²) in [6.45, 7) is 1.32. The van der Waals surface area contributed by atoms with Crippen LogP contribution in [0.2, 0.25) is 0 Å². The van der Waals surface area contributed by atoms with E-state index in [4.69, 9.17) is 0 Å². The summed E-state index contributed by atoms with van der Waals surface area (Å²) in [6.07, 6.45) is 7.30. The number of nitrogens with zero attached hydrogens (tertiary/aromatic N) is 2. The van der Waals surface area contributed by atoms with Crippen molar-refractivity contribution in [1.82, 2.24) is 5.01 Å². The van der Waals surface area contributed by atoms with Gasteiger partial charge in [-0.15, -0.1) is 0 Å². The van der Waals surface area contributed by atoms with Crippen LogP contribution in [0.4, 0.5) is 0 Å². The molecule has 0 aromatic carbocycles. The molecule has 3 fully saturated rings. The van der Waals surface area contributed by atoms with Crippen LogP contribution in [-0.2, 0) is 0 Å². The second-order valence-corrected chi connectivity index (χ2v) is 5.57. The normalized spacial score (nSPS) is 36.2. The van der Waals surface area contributed by atoms with Gasteiger partial charge in [0.25, 0.3) is 0 Å². The fourth-order valence-corrected chi connectivity index (χ4v) is 3.02. The maximum atomic E-state index is 2.69. The molecule has 0 spiro atoms. The van der Waals surface area contributed by atoms with E-state index in [0.29, 0.717) is 0 Å². The minimum Gasteiger partial charge on any atom is -0.250 e. The van der Waals surface area contributed by atoms with Crippen molar-refractivity contribution < 1.29 is 4.59 Å². The van der Waals surface area contributed by atoms with Crippen LogP contribution in [0.5, 0.6) is 0 Å². The number of hydrogen-bond acceptors (Lipinski definition) is 1. The second-order valence-electron chi connectivity index (χ2n) is 5.57. The van der Waals surface area contributed by atoms with Crippen molar-refractivity contribution in [2.24, 2.45) is 5.92 Å². The highest BCUT2D eigenvalue weighted by Gasteiger charge is 2.36. The molecule has 2 saturated heterocycles. The summed E-state index contributed by atoms with van der Waals surface area (Å²) in [7, 11) is 6.91. The molecule has 2 aliphatic heterocycles. The van der Waals surface area contributed by atoms with Gasteiger partial charge in [0.05, 0.1) is 27.2 Å². The molecule has 2 bridgehead atoms. The first-order valence-electron chi connectivity index (χ1n) is 5.66. The number of rotatable bonds is 1. The predicted molar refractivity (Wildman–Crippen MR) is 55.1 cm³/mol. The molecular weight excluding hydrogens is 160 g/mol. The molecule has 13 heavy (non-hydrogen) atoms. The summed E-state index contributed by atoms with van der Waals surface area (Å²) < 4.78 is 1.03. The fraction of sp³-hybridized carbons (Fsp3) is 1.00. The zero-order valence-corrected chi connectivity index (χ0v) is 9.29. The Bertz CT molecular complexity index is 175. The van der Waals surface area contributed by atoms with Gasteiger partial charge in [-0.2, -0.15) is 5.01 Å². The van der Waals surface area contributed by atoms with Crippen molar-refractivity contribution in [2.45, 2.75) is 38.1 Å². The highest BCUT2D eigenvalue weighted by atomic mass is 15.7. The Hall–Kier alpha value is -0.0800. The molecule has 3 rings (SSSR count). The number of fused-ring (bicyclic) bond motifs is 4. The number of hydrogen-bond donors (Lipinski definition) is 0. The van der Waals surface area contributed by atoms with E-state index in [0.717, 1.165) is 16.6 Å². The molecule has 2 nitrogen and oxygen atoms in total. The SMILES string of the molecule is C[N+](C)(C)N1CCC2CCC1CC2. The van der Waals surface area contributed by atoms with Gasteiger partial charge in [-0.3, -0.25) is 4.59 Å². The molecule has 3 aliphatic rings. The van der Waals surface area contributed by atoms with E-state index in [2.05, 4.69) is 26.2 Å². The Kier molecular flexibility index (Phi) is 2.37. The molecule has 0 aromatic rings. The van der Waals surface area contributed by atoms with Gasteiger partial charge >= 0.3 is 0 Å². The van der Waals surface area contributed by atoms with Crippen molar-refractivity contribution in [3.63, 3.8) is 0 Å². The summed E-state index contributed by atoms with van der Waals surface area (Å²) >= 11 is 0. The van der Waals surface area contributed by atoms with Gasteiger partial charge in [0.2, 0.25) is 0 Å². The lowest BCUT2D eigenvalue weighted by atomic mass is 9.87. The van der Waals surface area contributed by atoms with Gasteiger partial charge in [0.1, 0.15) is 0 Å². The van der Waals surface area contributed by atoms with Gasteiger partial charge in [0.15, 0.2) is 0 Å². The minimum absolute atomic E-state index is 0.874. The molecule has 0 atom stereocenters. The van der Waals surface area contributed by atoms with Crippen molar-refractivity contribution in [3.8, 4) is 0 Å². The third-order valence-electron chi connectivity index (χ3n) is 3.77. The van der Waals surface area contributed by atoms with E-state index in [1.165, 1.54) is 38.6 Å². The molecule has 2 heterocycles. The van der Waals surface area contributed by atoms with Crippen molar-refractivity contribution in [2.75, 3.05) is 27.7 Å². The van der Waals surface area contributed by atoms with Crippen LogP contribution in [-0.4, -0.2) is 43.3 Å².